The van der Waals surface area contributed by atoms with Crippen LogP contribution in [0.3, 0.4) is 0 Å². The smallest absolute Gasteiger partial charge is 0.318 e. The van der Waals surface area contributed by atoms with E-state index in [2.05, 4.69) is 10.2 Å². The number of carbonyl (C=O) groups is 2. The highest BCUT2D eigenvalue weighted by Gasteiger charge is 2.18. The number of rotatable bonds is 7. The van der Waals surface area contributed by atoms with Crippen molar-refractivity contribution in [2.24, 2.45) is 5.73 Å². The van der Waals surface area contributed by atoms with Crippen LogP contribution in [0.2, 0.25) is 0 Å². The van der Waals surface area contributed by atoms with Crippen LogP contribution in [0.5, 0.6) is 5.75 Å². The monoisotopic (exact) mass is 384 g/mol. The fraction of sp³-hybridized carbons (Fsp3) is 0.286. The van der Waals surface area contributed by atoms with Crippen LogP contribution in [0.4, 0.5) is 4.79 Å². The molecule has 0 aliphatic carbocycles. The van der Waals surface area contributed by atoms with Gasteiger partial charge < -0.3 is 10.5 Å². The summed E-state index contributed by atoms with van der Waals surface area (Å²) in [4.78, 5) is 22.3. The van der Waals surface area contributed by atoms with Crippen molar-refractivity contribution in [3.05, 3.63) is 29.8 Å². The van der Waals surface area contributed by atoms with E-state index in [1.54, 1.807) is 25.8 Å². The maximum Gasteiger partial charge on any atom is 0.318 e. The Morgan fingerprint density at radius 3 is 2.58 bits per heavy atom. The van der Waals surface area contributed by atoms with Gasteiger partial charge in [0.15, 0.2) is 8.68 Å². The number of amides is 3. The van der Waals surface area contributed by atoms with E-state index in [1.165, 1.54) is 23.1 Å². The Kier molecular flexibility index (Phi) is 6.88. The molecule has 1 atom stereocenters. The zero-order valence-electron chi connectivity index (χ0n) is 13.0. The van der Waals surface area contributed by atoms with E-state index in [9.17, 15) is 9.59 Å². The van der Waals surface area contributed by atoms with Crippen molar-refractivity contribution in [2.75, 3.05) is 7.11 Å². The van der Waals surface area contributed by atoms with E-state index < -0.39 is 17.2 Å². The highest BCUT2D eigenvalue weighted by molar-refractivity contribution is 8.03. The minimum absolute atomic E-state index is 0.449. The molecule has 0 aliphatic rings. The van der Waals surface area contributed by atoms with Gasteiger partial charge in [0.05, 0.1) is 12.4 Å². The van der Waals surface area contributed by atoms with Crippen molar-refractivity contribution < 1.29 is 14.3 Å². The third-order valence-electron chi connectivity index (χ3n) is 2.80. The average molecular weight is 385 g/mol. The zero-order chi connectivity index (χ0) is 17.5. The molecule has 0 saturated carbocycles. The summed E-state index contributed by atoms with van der Waals surface area (Å²) in [6, 6.07) is 6.96. The lowest BCUT2D eigenvalue weighted by molar-refractivity contribution is -0.119. The van der Waals surface area contributed by atoms with Crippen molar-refractivity contribution >= 4 is 46.8 Å². The maximum absolute atomic E-state index is 11.6. The number of benzene rings is 1. The quantitative estimate of drug-likeness (QED) is 0.706. The van der Waals surface area contributed by atoms with Gasteiger partial charge in [0.2, 0.25) is 5.91 Å². The van der Waals surface area contributed by atoms with Crippen LogP contribution in [0.25, 0.3) is 0 Å². The molecule has 0 radical (unpaired) electrons. The Bertz CT molecular complexity index is 706. The number of aromatic nitrogens is 2. The van der Waals surface area contributed by atoms with Crippen LogP contribution in [-0.4, -0.2) is 34.5 Å². The number of urea groups is 1. The molecule has 1 heterocycles. The minimum Gasteiger partial charge on any atom is -0.497 e. The largest absolute Gasteiger partial charge is 0.497 e. The van der Waals surface area contributed by atoms with E-state index in [-0.39, 0.29) is 0 Å². The number of nitrogens with two attached hydrogens (primary N) is 1. The van der Waals surface area contributed by atoms with Crippen molar-refractivity contribution in [1.82, 2.24) is 15.5 Å². The lowest BCUT2D eigenvalue weighted by Crippen LogP contribution is -2.39. The highest BCUT2D eigenvalue weighted by atomic mass is 32.2. The molecule has 0 bridgehead atoms. The Balaban J connectivity index is 1.86. The summed E-state index contributed by atoms with van der Waals surface area (Å²) < 4.78 is 6.61. The van der Waals surface area contributed by atoms with Gasteiger partial charge in [-0.1, -0.05) is 47.0 Å². The Morgan fingerprint density at radius 1 is 1.29 bits per heavy atom. The van der Waals surface area contributed by atoms with Crippen LogP contribution >= 0.6 is 34.9 Å². The third-order valence-corrected chi connectivity index (χ3v) is 6.11. The highest BCUT2D eigenvalue weighted by Crippen LogP contribution is 2.32. The van der Waals surface area contributed by atoms with Gasteiger partial charge in [-0.05, 0) is 24.6 Å². The summed E-state index contributed by atoms with van der Waals surface area (Å²) in [5.41, 5.74) is 6.08. The summed E-state index contributed by atoms with van der Waals surface area (Å²) in [7, 11) is 1.63. The molecule has 10 heteroatoms. The van der Waals surface area contributed by atoms with E-state index >= 15 is 0 Å². The lowest BCUT2D eigenvalue weighted by atomic mass is 10.2. The van der Waals surface area contributed by atoms with E-state index in [4.69, 9.17) is 10.5 Å². The SMILES string of the molecule is COc1ccc(CSc2nnc(SC(C)C(=O)NC(N)=O)s2)cc1. The molecule has 7 nitrogen and oxygen atoms in total. The molecule has 3 N–H and O–H groups in total. The molecule has 0 fully saturated rings. The van der Waals surface area contributed by atoms with E-state index in [0.29, 0.717) is 4.34 Å². The Labute approximate surface area is 151 Å². The Morgan fingerprint density at radius 2 is 1.96 bits per heavy atom. The lowest BCUT2D eigenvalue weighted by Gasteiger charge is -2.06. The van der Waals surface area contributed by atoms with Crippen molar-refractivity contribution in [1.29, 1.82) is 0 Å². The standard InChI is InChI=1S/C14H16N4O3S3/c1-8(11(19)16-12(15)20)23-14-18-17-13(24-14)22-7-9-3-5-10(21-2)6-4-9/h3-6,8H,7H2,1-2H3,(H3,15,16,19,20). The van der Waals surface area contributed by atoms with Gasteiger partial charge in [-0.15, -0.1) is 10.2 Å². The van der Waals surface area contributed by atoms with Gasteiger partial charge in [0, 0.05) is 5.75 Å². The summed E-state index contributed by atoms with van der Waals surface area (Å²) in [5.74, 6) is 1.14. The molecule has 0 spiro atoms. The van der Waals surface area contributed by atoms with Crippen LogP contribution in [0, 0.1) is 0 Å². The summed E-state index contributed by atoms with van der Waals surface area (Å²) in [6.45, 7) is 1.68. The van der Waals surface area contributed by atoms with Gasteiger partial charge in [0.25, 0.3) is 0 Å². The number of ether oxygens (including phenoxy) is 1. The molecule has 0 aliphatic heterocycles. The summed E-state index contributed by atoms with van der Waals surface area (Å²) in [6.07, 6.45) is 0. The van der Waals surface area contributed by atoms with E-state index in [0.717, 1.165) is 21.4 Å². The normalized spacial score (nSPS) is 11.8. The predicted octanol–water partition coefficient (Wildman–Crippen LogP) is 2.51. The molecule has 3 amide bonds. The first-order valence-electron chi connectivity index (χ1n) is 6.84. The van der Waals surface area contributed by atoms with Crippen LogP contribution in [0.15, 0.2) is 32.9 Å². The minimum atomic E-state index is -0.861. The summed E-state index contributed by atoms with van der Waals surface area (Å²) >= 11 is 4.21. The molecular formula is C14H16N4O3S3. The number of thioether (sulfide) groups is 2. The van der Waals surface area contributed by atoms with E-state index in [1.807, 2.05) is 29.6 Å². The number of imide groups is 1. The first kappa shape index (κ1) is 18.6. The van der Waals surface area contributed by atoms with Crippen LogP contribution in [0.1, 0.15) is 12.5 Å². The zero-order valence-corrected chi connectivity index (χ0v) is 15.5. The number of carbonyl (C=O) groups excluding carboxylic acids is 2. The van der Waals surface area contributed by atoms with Gasteiger partial charge in [-0.25, -0.2) is 4.79 Å². The molecule has 2 rings (SSSR count). The molecule has 1 unspecified atom stereocenters. The molecular weight excluding hydrogens is 368 g/mol. The average Bonchev–Trinajstić information content (AvgIpc) is 3.00. The van der Waals surface area contributed by atoms with Gasteiger partial charge in [-0.3, -0.25) is 10.1 Å². The number of nitrogens with zero attached hydrogens (tertiary/aromatic N) is 2. The number of methoxy groups -OCH3 is 1. The number of nitrogens with one attached hydrogen (secondary N) is 1. The molecule has 2 aromatic rings. The van der Waals surface area contributed by atoms with Gasteiger partial charge in [0.1, 0.15) is 5.75 Å². The molecule has 24 heavy (non-hydrogen) atoms. The van der Waals surface area contributed by atoms with Crippen LogP contribution in [-0.2, 0) is 10.5 Å². The topological polar surface area (TPSA) is 107 Å². The van der Waals surface area contributed by atoms with Crippen molar-refractivity contribution in [3.63, 3.8) is 0 Å². The first-order valence-corrected chi connectivity index (χ1v) is 9.52. The third kappa shape index (κ3) is 5.69. The van der Waals surface area contributed by atoms with Gasteiger partial charge >= 0.3 is 6.03 Å². The number of hydrogen-bond donors (Lipinski definition) is 2. The second kappa shape index (κ2) is 8.90. The first-order chi connectivity index (χ1) is 11.5. The molecule has 1 aromatic heterocycles. The molecule has 128 valence electrons. The second-order valence-electron chi connectivity index (χ2n) is 4.58. The summed E-state index contributed by atoms with van der Waals surface area (Å²) in [5, 5.41) is 9.72. The fourth-order valence-electron chi connectivity index (χ4n) is 1.60. The Hall–Kier alpha value is -1.78. The van der Waals surface area contributed by atoms with Crippen molar-refractivity contribution in [3.8, 4) is 5.75 Å². The van der Waals surface area contributed by atoms with Gasteiger partial charge in [-0.2, -0.15) is 0 Å². The molecule has 1 aromatic carbocycles. The number of hydrogen-bond acceptors (Lipinski definition) is 8. The number of primary amides is 1. The predicted molar refractivity (Wildman–Crippen MR) is 95.5 cm³/mol. The molecule has 0 saturated heterocycles. The maximum atomic E-state index is 11.6. The second-order valence-corrected chi connectivity index (χ2v) is 8.37. The fourth-order valence-corrected chi connectivity index (χ4v) is 4.72. The van der Waals surface area contributed by atoms with Crippen LogP contribution < -0.4 is 15.8 Å². The van der Waals surface area contributed by atoms with Crippen molar-refractivity contribution in [2.45, 2.75) is 26.6 Å².